The fourth-order valence-electron chi connectivity index (χ4n) is 3.44. The highest BCUT2D eigenvalue weighted by Crippen LogP contribution is 2.27. The molecule has 0 aliphatic rings. The predicted octanol–water partition coefficient (Wildman–Crippen LogP) is 5.54. The highest BCUT2D eigenvalue weighted by atomic mass is 15.2. The van der Waals surface area contributed by atoms with Crippen molar-refractivity contribution in [3.8, 4) is 11.4 Å². The zero-order chi connectivity index (χ0) is 17.9. The second kappa shape index (κ2) is 7.24. The minimum atomic E-state index is 0.734. The minimum absolute atomic E-state index is 0.734. The van der Waals surface area contributed by atoms with Crippen LogP contribution in [-0.4, -0.2) is 19.5 Å². The molecule has 0 bridgehead atoms. The molecule has 4 rings (SSSR count). The Morgan fingerprint density at radius 3 is 2.31 bits per heavy atom. The third-order valence-corrected chi connectivity index (χ3v) is 4.88. The first kappa shape index (κ1) is 16.7. The van der Waals surface area contributed by atoms with Gasteiger partial charge in [-0.3, -0.25) is 0 Å². The number of imidazole rings is 1. The number of hydrogen-bond donors (Lipinski definition) is 0. The second-order valence-corrected chi connectivity index (χ2v) is 6.82. The van der Waals surface area contributed by atoms with Crippen molar-refractivity contribution in [1.29, 1.82) is 0 Å². The number of unbranched alkanes of at least 4 members (excludes halogenated alkanes) is 3. The molecule has 0 unspecified atom stereocenters. The van der Waals surface area contributed by atoms with E-state index in [9.17, 15) is 0 Å². The van der Waals surface area contributed by atoms with Crippen LogP contribution in [0.15, 0.2) is 48.5 Å². The number of aromatic nitrogens is 4. The topological polar surface area (TPSA) is 43.6 Å². The van der Waals surface area contributed by atoms with Crippen LogP contribution in [0.2, 0.25) is 0 Å². The van der Waals surface area contributed by atoms with Crippen LogP contribution in [0.3, 0.4) is 0 Å². The number of aryl methyl sites for hydroxylation is 2. The highest BCUT2D eigenvalue weighted by molar-refractivity contribution is 5.85. The lowest BCUT2D eigenvalue weighted by atomic mass is 10.1. The molecule has 0 radical (unpaired) electrons. The van der Waals surface area contributed by atoms with E-state index in [0.717, 1.165) is 46.7 Å². The monoisotopic (exact) mass is 344 g/mol. The Balaban J connectivity index is 1.88. The van der Waals surface area contributed by atoms with Gasteiger partial charge in [-0.1, -0.05) is 62.6 Å². The van der Waals surface area contributed by atoms with Crippen LogP contribution in [0, 0.1) is 6.92 Å². The first-order chi connectivity index (χ1) is 12.8. The fourth-order valence-corrected chi connectivity index (χ4v) is 3.44. The van der Waals surface area contributed by atoms with Crippen LogP contribution in [0.1, 0.15) is 38.2 Å². The average Bonchev–Trinajstić information content (AvgIpc) is 3.01. The minimum Gasteiger partial charge on any atom is -0.307 e. The van der Waals surface area contributed by atoms with Crippen molar-refractivity contribution < 1.29 is 0 Å². The summed E-state index contributed by atoms with van der Waals surface area (Å²) in [6, 6.07) is 16.4. The fraction of sp³-hybridized carbons (Fsp3) is 0.318. The molecular formula is C22H24N4. The molecule has 2 aromatic heterocycles. The Morgan fingerprint density at radius 1 is 0.808 bits per heavy atom. The molecule has 0 amide bonds. The zero-order valence-corrected chi connectivity index (χ0v) is 15.4. The summed E-state index contributed by atoms with van der Waals surface area (Å²) in [5.74, 6) is 0.977. The molecule has 0 fully saturated rings. The number of para-hydroxylation sites is 2. The molecule has 0 aliphatic carbocycles. The SMILES string of the molecule is CCCCCCn1c(-c2ccccc2C)nc2nc3ccccc3nc21. The summed E-state index contributed by atoms with van der Waals surface area (Å²) in [6.45, 7) is 5.30. The summed E-state index contributed by atoms with van der Waals surface area (Å²) in [4.78, 5) is 14.5. The van der Waals surface area contributed by atoms with Crippen molar-refractivity contribution in [3.63, 3.8) is 0 Å². The number of fused-ring (bicyclic) bond motifs is 2. The summed E-state index contributed by atoms with van der Waals surface area (Å²) in [7, 11) is 0. The van der Waals surface area contributed by atoms with Crippen molar-refractivity contribution >= 4 is 22.3 Å². The first-order valence-electron chi connectivity index (χ1n) is 9.47. The molecule has 0 saturated heterocycles. The molecule has 2 heterocycles. The van der Waals surface area contributed by atoms with Crippen molar-refractivity contribution in [1.82, 2.24) is 19.5 Å². The number of rotatable bonds is 6. The molecule has 4 heteroatoms. The third-order valence-electron chi connectivity index (χ3n) is 4.88. The van der Waals surface area contributed by atoms with Gasteiger partial charge in [0.15, 0.2) is 11.3 Å². The van der Waals surface area contributed by atoms with E-state index in [-0.39, 0.29) is 0 Å². The Labute approximate surface area is 153 Å². The van der Waals surface area contributed by atoms with E-state index >= 15 is 0 Å². The van der Waals surface area contributed by atoms with Crippen LogP contribution < -0.4 is 0 Å². The van der Waals surface area contributed by atoms with Gasteiger partial charge in [-0.05, 0) is 31.0 Å². The Bertz CT molecular complexity index is 1050. The maximum Gasteiger partial charge on any atom is 0.198 e. The molecular weight excluding hydrogens is 320 g/mol. The van der Waals surface area contributed by atoms with Gasteiger partial charge in [0, 0.05) is 12.1 Å². The van der Waals surface area contributed by atoms with Crippen molar-refractivity contribution in [3.05, 3.63) is 54.1 Å². The van der Waals surface area contributed by atoms with Gasteiger partial charge in [0.1, 0.15) is 5.82 Å². The summed E-state index contributed by atoms with van der Waals surface area (Å²) in [5, 5.41) is 0. The lowest BCUT2D eigenvalue weighted by Gasteiger charge is -2.10. The molecule has 4 aromatic rings. The maximum atomic E-state index is 4.89. The van der Waals surface area contributed by atoms with Gasteiger partial charge >= 0.3 is 0 Å². The molecule has 0 atom stereocenters. The van der Waals surface area contributed by atoms with Gasteiger partial charge < -0.3 is 4.57 Å². The smallest absolute Gasteiger partial charge is 0.198 e. The van der Waals surface area contributed by atoms with Crippen LogP contribution >= 0.6 is 0 Å². The van der Waals surface area contributed by atoms with E-state index in [2.05, 4.69) is 42.7 Å². The van der Waals surface area contributed by atoms with E-state index in [1.807, 2.05) is 24.3 Å². The standard InChI is InChI=1S/C22H24N4/c1-3-4-5-10-15-26-21(17-12-7-6-11-16(17)2)25-20-22(26)24-19-14-9-8-13-18(19)23-20/h6-9,11-14H,3-5,10,15H2,1-2H3. The van der Waals surface area contributed by atoms with E-state index in [1.165, 1.54) is 24.8 Å². The van der Waals surface area contributed by atoms with Crippen LogP contribution in [0.5, 0.6) is 0 Å². The molecule has 4 nitrogen and oxygen atoms in total. The average molecular weight is 344 g/mol. The quantitative estimate of drug-likeness (QED) is 0.432. The first-order valence-corrected chi connectivity index (χ1v) is 9.47. The molecule has 0 saturated carbocycles. The van der Waals surface area contributed by atoms with Crippen LogP contribution in [-0.2, 0) is 6.54 Å². The van der Waals surface area contributed by atoms with E-state index in [0.29, 0.717) is 0 Å². The van der Waals surface area contributed by atoms with E-state index in [4.69, 9.17) is 15.0 Å². The predicted molar refractivity (Wildman–Crippen MR) is 107 cm³/mol. The van der Waals surface area contributed by atoms with E-state index < -0.39 is 0 Å². The van der Waals surface area contributed by atoms with Crippen LogP contribution in [0.25, 0.3) is 33.7 Å². The van der Waals surface area contributed by atoms with Gasteiger partial charge in [-0.2, -0.15) is 0 Å². The van der Waals surface area contributed by atoms with Crippen molar-refractivity contribution in [2.45, 2.75) is 46.1 Å². The maximum absolute atomic E-state index is 4.89. The largest absolute Gasteiger partial charge is 0.307 e. The van der Waals surface area contributed by atoms with Gasteiger partial charge in [0.05, 0.1) is 11.0 Å². The zero-order valence-electron chi connectivity index (χ0n) is 15.4. The second-order valence-electron chi connectivity index (χ2n) is 6.82. The van der Waals surface area contributed by atoms with E-state index in [1.54, 1.807) is 0 Å². The summed E-state index contributed by atoms with van der Waals surface area (Å²) in [6.07, 6.45) is 4.86. The van der Waals surface area contributed by atoms with Gasteiger partial charge in [0.25, 0.3) is 0 Å². The number of nitrogens with zero attached hydrogens (tertiary/aromatic N) is 4. The number of hydrogen-bond acceptors (Lipinski definition) is 3. The molecule has 0 aliphatic heterocycles. The summed E-state index contributed by atoms with van der Waals surface area (Å²) in [5.41, 5.74) is 5.82. The molecule has 0 N–H and O–H groups in total. The lowest BCUT2D eigenvalue weighted by molar-refractivity contribution is 0.592. The summed E-state index contributed by atoms with van der Waals surface area (Å²) >= 11 is 0. The molecule has 26 heavy (non-hydrogen) atoms. The van der Waals surface area contributed by atoms with Gasteiger partial charge in [-0.15, -0.1) is 0 Å². The summed E-state index contributed by atoms with van der Waals surface area (Å²) < 4.78 is 2.26. The molecule has 0 spiro atoms. The van der Waals surface area contributed by atoms with Gasteiger partial charge in [-0.25, -0.2) is 15.0 Å². The lowest BCUT2D eigenvalue weighted by Crippen LogP contribution is -2.03. The Morgan fingerprint density at radius 2 is 1.54 bits per heavy atom. The Kier molecular flexibility index (Phi) is 4.65. The molecule has 132 valence electrons. The highest BCUT2D eigenvalue weighted by Gasteiger charge is 2.16. The molecule has 2 aromatic carbocycles. The third kappa shape index (κ3) is 3.07. The number of benzene rings is 2. The van der Waals surface area contributed by atoms with Gasteiger partial charge in [0.2, 0.25) is 0 Å². The van der Waals surface area contributed by atoms with Crippen molar-refractivity contribution in [2.24, 2.45) is 0 Å². The Hall–Kier alpha value is -2.75. The van der Waals surface area contributed by atoms with Crippen LogP contribution in [0.4, 0.5) is 0 Å². The normalized spacial score (nSPS) is 11.5. The van der Waals surface area contributed by atoms with Crippen molar-refractivity contribution in [2.75, 3.05) is 0 Å².